The highest BCUT2D eigenvalue weighted by atomic mass is 19.4. The van der Waals surface area contributed by atoms with Crippen LogP contribution in [0.4, 0.5) is 32.0 Å². The monoisotopic (exact) mass is 431 g/mol. The average Bonchev–Trinajstić information content (AvgIpc) is 2.67. The number of hydrogen-bond acceptors (Lipinski definition) is 3. The maximum absolute atomic E-state index is 14.4. The van der Waals surface area contributed by atoms with Gasteiger partial charge in [0.1, 0.15) is 28.7 Å². The van der Waals surface area contributed by atoms with Gasteiger partial charge in [0.25, 0.3) is 5.91 Å². The van der Waals surface area contributed by atoms with Gasteiger partial charge in [0.2, 0.25) is 0 Å². The molecular weight excluding hydrogens is 412 g/mol. The number of nitrogens with two attached hydrogens (primary N) is 1. The molecule has 0 saturated heterocycles. The Balaban J connectivity index is 0.00000218. The maximum Gasteiger partial charge on any atom is 0.431 e. The number of benzene rings is 2. The summed E-state index contributed by atoms with van der Waals surface area (Å²) >= 11 is 0. The number of nitrogens with zero attached hydrogens (tertiary/aromatic N) is 1. The number of allylic oxidation sites excluding steroid dienone is 2. The maximum atomic E-state index is 14.4. The number of nitrogens with one attached hydrogen (secondary N) is 1. The minimum Gasteiger partial charge on any atom is -0.394 e. The Hall–Kier alpha value is -3.30. The summed E-state index contributed by atoms with van der Waals surface area (Å²) in [5.41, 5.74) is 1.17. The fourth-order valence-corrected chi connectivity index (χ4v) is 2.29. The minimum atomic E-state index is -4.92. The first-order chi connectivity index (χ1) is 14.1. The normalized spacial score (nSPS) is 12.2. The second-order valence-corrected chi connectivity index (χ2v) is 5.46. The van der Waals surface area contributed by atoms with Crippen LogP contribution in [0, 0.1) is 17.5 Å². The zero-order valence-electron chi connectivity index (χ0n) is 16.2. The zero-order chi connectivity index (χ0) is 23.1. The van der Waals surface area contributed by atoms with E-state index in [9.17, 15) is 31.1 Å². The molecule has 0 fully saturated rings. The zero-order valence-corrected chi connectivity index (χ0v) is 16.2. The summed E-state index contributed by atoms with van der Waals surface area (Å²) in [6.45, 7) is 4.00. The van der Waals surface area contributed by atoms with Gasteiger partial charge in [0, 0.05) is 30.1 Å². The van der Waals surface area contributed by atoms with Gasteiger partial charge in [-0.1, -0.05) is 19.9 Å². The number of amides is 1. The van der Waals surface area contributed by atoms with Crippen molar-refractivity contribution in [3.05, 3.63) is 70.7 Å². The molecule has 0 aromatic heterocycles. The third-order valence-electron chi connectivity index (χ3n) is 3.56. The van der Waals surface area contributed by atoms with E-state index in [2.05, 4.69) is 10.3 Å². The standard InChI is InChI=1S/C18H13F6N3O.C2H6/c1-26-8-11(16(25)18(22,23)24)10-6-5-9(7-14(10)21)27-17(28)15-12(19)3-2-4-13(15)20;1-2/h2-8H,25H2,1H3,(H,27,28);1-2H3/b16-11+,26-8?;. The number of aliphatic imine (C=N–C) groups is 1. The lowest BCUT2D eigenvalue weighted by Crippen LogP contribution is -2.22. The number of carbonyl (C=O) groups excluding carboxylic acids is 1. The van der Waals surface area contributed by atoms with Crippen LogP contribution in [0.2, 0.25) is 0 Å². The minimum absolute atomic E-state index is 0.229. The second-order valence-electron chi connectivity index (χ2n) is 5.46. The molecular formula is C20H19F6N3O. The first-order valence-electron chi connectivity index (χ1n) is 8.60. The van der Waals surface area contributed by atoms with Gasteiger partial charge in [0.05, 0.1) is 0 Å². The first-order valence-corrected chi connectivity index (χ1v) is 8.60. The van der Waals surface area contributed by atoms with Crippen LogP contribution in [0.3, 0.4) is 0 Å². The Morgan fingerprint density at radius 1 is 1.03 bits per heavy atom. The van der Waals surface area contributed by atoms with Crippen molar-refractivity contribution in [2.45, 2.75) is 20.0 Å². The van der Waals surface area contributed by atoms with Crippen LogP contribution in [-0.4, -0.2) is 25.3 Å². The summed E-state index contributed by atoms with van der Waals surface area (Å²) < 4.78 is 80.2. The Morgan fingerprint density at radius 3 is 2.07 bits per heavy atom. The largest absolute Gasteiger partial charge is 0.431 e. The molecule has 4 nitrogen and oxygen atoms in total. The fraction of sp³-hybridized carbons (Fsp3) is 0.200. The van der Waals surface area contributed by atoms with Gasteiger partial charge in [-0.2, -0.15) is 13.2 Å². The molecule has 162 valence electrons. The molecule has 0 aliphatic carbocycles. The molecule has 2 aromatic carbocycles. The van der Waals surface area contributed by atoms with Crippen molar-refractivity contribution in [2.24, 2.45) is 10.7 Å². The smallest absolute Gasteiger partial charge is 0.394 e. The van der Waals surface area contributed by atoms with Gasteiger partial charge in [-0.15, -0.1) is 0 Å². The summed E-state index contributed by atoms with van der Waals surface area (Å²) in [6, 6.07) is 5.47. The van der Waals surface area contributed by atoms with Gasteiger partial charge in [-0.3, -0.25) is 9.79 Å². The van der Waals surface area contributed by atoms with Gasteiger partial charge < -0.3 is 11.1 Å². The molecule has 1 amide bonds. The second kappa shape index (κ2) is 10.5. The predicted molar refractivity (Wildman–Crippen MR) is 104 cm³/mol. The summed E-state index contributed by atoms with van der Waals surface area (Å²) in [6.07, 6.45) is -4.17. The van der Waals surface area contributed by atoms with Crippen molar-refractivity contribution in [1.29, 1.82) is 0 Å². The number of carbonyl (C=O) groups is 1. The van der Waals surface area contributed by atoms with E-state index >= 15 is 0 Å². The number of alkyl halides is 3. The molecule has 0 bridgehead atoms. The molecule has 0 heterocycles. The lowest BCUT2D eigenvalue weighted by atomic mass is 10.0. The highest BCUT2D eigenvalue weighted by Gasteiger charge is 2.34. The van der Waals surface area contributed by atoms with E-state index in [1.807, 2.05) is 13.8 Å². The molecule has 0 spiro atoms. The van der Waals surface area contributed by atoms with E-state index in [0.29, 0.717) is 6.07 Å². The summed E-state index contributed by atoms with van der Waals surface area (Å²) in [5.74, 6) is -4.61. The molecule has 30 heavy (non-hydrogen) atoms. The van der Waals surface area contributed by atoms with Gasteiger partial charge >= 0.3 is 6.18 Å². The summed E-state index contributed by atoms with van der Waals surface area (Å²) in [5, 5.41) is 2.08. The van der Waals surface area contributed by atoms with Crippen molar-refractivity contribution < 1.29 is 31.1 Å². The Bertz CT molecular complexity index is 947. The number of hydrogen-bond donors (Lipinski definition) is 2. The van der Waals surface area contributed by atoms with Gasteiger partial charge in [-0.25, -0.2) is 13.2 Å². The molecule has 0 aliphatic rings. The van der Waals surface area contributed by atoms with Gasteiger partial charge in [-0.05, 0) is 30.3 Å². The Morgan fingerprint density at radius 2 is 1.60 bits per heavy atom. The highest BCUT2D eigenvalue weighted by molar-refractivity contribution is 6.11. The molecule has 2 rings (SSSR count). The number of rotatable bonds is 4. The average molecular weight is 431 g/mol. The molecule has 3 N–H and O–H groups in total. The Kier molecular flexibility index (Phi) is 8.63. The van der Waals surface area contributed by atoms with Crippen LogP contribution >= 0.6 is 0 Å². The van der Waals surface area contributed by atoms with Crippen LogP contribution in [0.15, 0.2) is 47.1 Å². The summed E-state index contributed by atoms with van der Waals surface area (Å²) in [7, 11) is 1.18. The molecule has 0 unspecified atom stereocenters. The van der Waals surface area contributed by atoms with Crippen molar-refractivity contribution in [2.75, 3.05) is 12.4 Å². The van der Waals surface area contributed by atoms with E-state index in [1.165, 1.54) is 7.05 Å². The van der Waals surface area contributed by atoms with Crippen molar-refractivity contribution in [3.8, 4) is 0 Å². The van der Waals surface area contributed by atoms with E-state index in [0.717, 1.165) is 36.5 Å². The molecule has 0 atom stereocenters. The number of anilines is 1. The molecule has 0 aliphatic heterocycles. The number of halogens is 6. The van der Waals surface area contributed by atoms with Crippen LogP contribution in [0.1, 0.15) is 29.8 Å². The van der Waals surface area contributed by atoms with Crippen LogP contribution in [0.25, 0.3) is 5.57 Å². The lowest BCUT2D eigenvalue weighted by molar-refractivity contribution is -0.0918. The first kappa shape index (κ1) is 24.7. The van der Waals surface area contributed by atoms with Crippen molar-refractivity contribution in [3.63, 3.8) is 0 Å². The predicted octanol–water partition coefficient (Wildman–Crippen LogP) is 5.32. The van der Waals surface area contributed by atoms with Gasteiger partial charge in [0.15, 0.2) is 0 Å². The fourth-order valence-electron chi connectivity index (χ4n) is 2.29. The van der Waals surface area contributed by atoms with Crippen LogP contribution in [0.5, 0.6) is 0 Å². The van der Waals surface area contributed by atoms with E-state index < -0.39 is 51.9 Å². The quantitative estimate of drug-likeness (QED) is 0.509. The third kappa shape index (κ3) is 5.85. The highest BCUT2D eigenvalue weighted by Crippen LogP contribution is 2.30. The topological polar surface area (TPSA) is 67.5 Å². The molecule has 2 aromatic rings. The van der Waals surface area contributed by atoms with E-state index in [-0.39, 0.29) is 5.69 Å². The lowest BCUT2D eigenvalue weighted by Gasteiger charge is -2.13. The molecule has 10 heteroatoms. The van der Waals surface area contributed by atoms with E-state index in [4.69, 9.17) is 5.73 Å². The van der Waals surface area contributed by atoms with E-state index in [1.54, 1.807) is 0 Å². The third-order valence-corrected chi connectivity index (χ3v) is 3.56. The van der Waals surface area contributed by atoms with Crippen molar-refractivity contribution in [1.82, 2.24) is 0 Å². The van der Waals surface area contributed by atoms with Crippen LogP contribution < -0.4 is 11.1 Å². The van der Waals surface area contributed by atoms with Crippen LogP contribution in [-0.2, 0) is 0 Å². The van der Waals surface area contributed by atoms with Crippen molar-refractivity contribution >= 4 is 23.4 Å². The SMILES string of the molecule is CC.CN=C/C(=C(\N)C(F)(F)F)c1ccc(NC(=O)c2c(F)cccc2F)cc1F. The Labute approximate surface area is 169 Å². The molecule has 0 radical (unpaired) electrons. The summed E-state index contributed by atoms with van der Waals surface area (Å²) in [4.78, 5) is 15.5. The molecule has 0 saturated carbocycles.